The van der Waals surface area contributed by atoms with Gasteiger partial charge in [0, 0.05) is 32.3 Å². The highest BCUT2D eigenvalue weighted by Crippen LogP contribution is 2.39. The summed E-state index contributed by atoms with van der Waals surface area (Å²) in [7, 11) is 0. The number of fused-ring (bicyclic) bond motifs is 1. The van der Waals surface area contributed by atoms with E-state index in [2.05, 4.69) is 10.2 Å². The van der Waals surface area contributed by atoms with Gasteiger partial charge in [-0.2, -0.15) is 0 Å². The van der Waals surface area contributed by atoms with Crippen molar-refractivity contribution in [1.82, 2.24) is 10.2 Å². The number of nitrogens with zero attached hydrogens (tertiary/aromatic N) is 1. The smallest absolute Gasteiger partial charge is 0.244 e. The van der Waals surface area contributed by atoms with Gasteiger partial charge in [-0.25, -0.2) is 0 Å². The molecule has 1 saturated heterocycles. The van der Waals surface area contributed by atoms with Crippen molar-refractivity contribution in [3.05, 3.63) is 28.8 Å². The van der Waals surface area contributed by atoms with Crippen LogP contribution in [0.25, 0.3) is 6.08 Å². The highest BCUT2D eigenvalue weighted by molar-refractivity contribution is 6.32. The summed E-state index contributed by atoms with van der Waals surface area (Å²) in [5.41, 5.74) is 0.794. The van der Waals surface area contributed by atoms with Gasteiger partial charge in [0.15, 0.2) is 11.5 Å². The Hall–Kier alpha value is -1.76. The number of rotatable bonds is 5. The molecular formula is C16H19ClN2O4. The maximum atomic E-state index is 11.8. The van der Waals surface area contributed by atoms with Crippen molar-refractivity contribution in [3.8, 4) is 11.5 Å². The Morgan fingerprint density at radius 2 is 2.13 bits per heavy atom. The zero-order chi connectivity index (χ0) is 16.1. The molecule has 3 rings (SSSR count). The van der Waals surface area contributed by atoms with Crippen LogP contribution in [0.15, 0.2) is 18.2 Å². The van der Waals surface area contributed by atoms with Gasteiger partial charge in [0.05, 0.1) is 18.2 Å². The number of hydrogen-bond donors (Lipinski definition) is 1. The van der Waals surface area contributed by atoms with Crippen LogP contribution in [0.5, 0.6) is 11.5 Å². The molecule has 1 aromatic carbocycles. The summed E-state index contributed by atoms with van der Waals surface area (Å²) in [5.74, 6) is 1.02. The van der Waals surface area contributed by atoms with Crippen molar-refractivity contribution in [2.45, 2.75) is 0 Å². The minimum Gasteiger partial charge on any atom is -0.454 e. The molecule has 2 heterocycles. The van der Waals surface area contributed by atoms with E-state index in [-0.39, 0.29) is 12.7 Å². The number of ether oxygens (including phenoxy) is 3. The van der Waals surface area contributed by atoms with Gasteiger partial charge in [0.1, 0.15) is 0 Å². The van der Waals surface area contributed by atoms with Crippen molar-refractivity contribution in [2.24, 2.45) is 0 Å². The van der Waals surface area contributed by atoms with Crippen LogP contribution in [0.3, 0.4) is 0 Å². The Morgan fingerprint density at radius 3 is 2.96 bits per heavy atom. The van der Waals surface area contributed by atoms with Crippen LogP contribution in [0.4, 0.5) is 0 Å². The molecule has 0 unspecified atom stereocenters. The highest BCUT2D eigenvalue weighted by Gasteiger charge is 2.17. The molecule has 0 bridgehead atoms. The second-order valence-corrected chi connectivity index (χ2v) is 5.72. The topological polar surface area (TPSA) is 60.0 Å². The summed E-state index contributed by atoms with van der Waals surface area (Å²) in [5, 5.41) is 3.35. The van der Waals surface area contributed by atoms with Crippen molar-refractivity contribution in [2.75, 3.05) is 46.2 Å². The average molecular weight is 339 g/mol. The first-order valence-corrected chi connectivity index (χ1v) is 7.95. The van der Waals surface area contributed by atoms with E-state index in [0.29, 0.717) is 23.1 Å². The fourth-order valence-corrected chi connectivity index (χ4v) is 2.75. The summed E-state index contributed by atoms with van der Waals surface area (Å²) in [6.45, 7) is 4.98. The third-order valence-corrected chi connectivity index (χ3v) is 3.99. The molecule has 1 fully saturated rings. The van der Waals surface area contributed by atoms with Crippen LogP contribution >= 0.6 is 11.6 Å². The fourth-order valence-electron chi connectivity index (χ4n) is 2.48. The molecular weight excluding hydrogens is 320 g/mol. The standard InChI is InChI=1S/C16H19ClN2O4/c17-13-9-12(10-14-16(13)23-11-22-14)1-2-15(20)18-3-4-19-5-7-21-8-6-19/h1-2,9-10H,3-8,11H2,(H,18,20)/b2-1+. The van der Waals surface area contributed by atoms with Crippen LogP contribution in [0.2, 0.25) is 5.02 Å². The molecule has 124 valence electrons. The monoisotopic (exact) mass is 338 g/mol. The lowest BCUT2D eigenvalue weighted by Gasteiger charge is -2.26. The first-order chi connectivity index (χ1) is 11.2. The van der Waals surface area contributed by atoms with Gasteiger partial charge < -0.3 is 19.5 Å². The van der Waals surface area contributed by atoms with E-state index in [1.165, 1.54) is 6.08 Å². The fraction of sp³-hybridized carbons (Fsp3) is 0.438. The molecule has 0 saturated carbocycles. The Bertz CT molecular complexity index is 600. The van der Waals surface area contributed by atoms with Crippen molar-refractivity contribution >= 4 is 23.6 Å². The summed E-state index contributed by atoms with van der Waals surface area (Å²) in [6, 6.07) is 3.54. The largest absolute Gasteiger partial charge is 0.454 e. The van der Waals surface area contributed by atoms with Gasteiger partial charge in [-0.05, 0) is 23.8 Å². The maximum absolute atomic E-state index is 11.8. The van der Waals surface area contributed by atoms with Gasteiger partial charge in [-0.3, -0.25) is 9.69 Å². The van der Waals surface area contributed by atoms with Gasteiger partial charge in [0.25, 0.3) is 0 Å². The summed E-state index contributed by atoms with van der Waals surface area (Å²) in [6.07, 6.45) is 3.20. The number of benzene rings is 1. The van der Waals surface area contributed by atoms with E-state index >= 15 is 0 Å². The van der Waals surface area contributed by atoms with Crippen molar-refractivity contribution < 1.29 is 19.0 Å². The van der Waals surface area contributed by atoms with Crippen LogP contribution in [0.1, 0.15) is 5.56 Å². The first kappa shape index (κ1) is 16.1. The summed E-state index contributed by atoms with van der Waals surface area (Å²) < 4.78 is 15.8. The molecule has 0 aromatic heterocycles. The van der Waals surface area contributed by atoms with Crippen LogP contribution in [-0.2, 0) is 9.53 Å². The number of nitrogens with one attached hydrogen (secondary N) is 1. The van der Waals surface area contributed by atoms with Crippen molar-refractivity contribution in [1.29, 1.82) is 0 Å². The molecule has 23 heavy (non-hydrogen) atoms. The number of morpholine rings is 1. The normalized spacial score (nSPS) is 17.6. The lowest BCUT2D eigenvalue weighted by molar-refractivity contribution is -0.116. The lowest BCUT2D eigenvalue weighted by atomic mass is 10.2. The zero-order valence-corrected chi connectivity index (χ0v) is 13.5. The van der Waals surface area contributed by atoms with Crippen LogP contribution < -0.4 is 14.8 Å². The molecule has 1 N–H and O–H groups in total. The van der Waals surface area contributed by atoms with Gasteiger partial charge in [-0.1, -0.05) is 11.6 Å². The number of amides is 1. The van der Waals surface area contributed by atoms with E-state index in [0.717, 1.165) is 38.4 Å². The highest BCUT2D eigenvalue weighted by atomic mass is 35.5. The number of halogens is 1. The van der Waals surface area contributed by atoms with E-state index in [1.54, 1.807) is 18.2 Å². The average Bonchev–Trinajstić information content (AvgIpc) is 3.03. The predicted octanol–water partition coefficient (Wildman–Crippen LogP) is 1.53. The molecule has 2 aliphatic rings. The van der Waals surface area contributed by atoms with Gasteiger partial charge in [-0.15, -0.1) is 0 Å². The molecule has 7 heteroatoms. The molecule has 0 radical (unpaired) electrons. The molecule has 0 atom stereocenters. The lowest BCUT2D eigenvalue weighted by Crippen LogP contribution is -2.41. The molecule has 0 spiro atoms. The number of carbonyl (C=O) groups is 1. The van der Waals surface area contributed by atoms with Gasteiger partial charge in [0.2, 0.25) is 12.7 Å². The molecule has 1 amide bonds. The summed E-state index contributed by atoms with van der Waals surface area (Å²) in [4.78, 5) is 14.1. The molecule has 6 nitrogen and oxygen atoms in total. The van der Waals surface area contributed by atoms with E-state index in [4.69, 9.17) is 25.8 Å². The van der Waals surface area contributed by atoms with Crippen molar-refractivity contribution in [3.63, 3.8) is 0 Å². The maximum Gasteiger partial charge on any atom is 0.244 e. The molecule has 2 aliphatic heterocycles. The molecule has 1 aromatic rings. The number of hydrogen-bond acceptors (Lipinski definition) is 5. The third-order valence-electron chi connectivity index (χ3n) is 3.71. The Balaban J connectivity index is 1.47. The quantitative estimate of drug-likeness (QED) is 0.825. The van der Waals surface area contributed by atoms with E-state index < -0.39 is 0 Å². The SMILES string of the molecule is O=C(/C=C/c1cc(Cl)c2c(c1)OCO2)NCCN1CCOCC1. The zero-order valence-electron chi connectivity index (χ0n) is 12.7. The van der Waals surface area contributed by atoms with Gasteiger partial charge >= 0.3 is 0 Å². The second kappa shape index (κ2) is 7.68. The Labute approximate surface area is 139 Å². The first-order valence-electron chi connectivity index (χ1n) is 7.57. The minimum atomic E-state index is -0.132. The van der Waals surface area contributed by atoms with E-state index in [9.17, 15) is 4.79 Å². The van der Waals surface area contributed by atoms with Crippen LogP contribution in [-0.4, -0.2) is 57.0 Å². The summed E-state index contributed by atoms with van der Waals surface area (Å²) >= 11 is 6.10. The second-order valence-electron chi connectivity index (χ2n) is 5.31. The number of carbonyl (C=O) groups excluding carboxylic acids is 1. The third kappa shape index (κ3) is 4.37. The van der Waals surface area contributed by atoms with E-state index in [1.807, 2.05) is 0 Å². The molecule has 0 aliphatic carbocycles. The Kier molecular flexibility index (Phi) is 5.38. The van der Waals surface area contributed by atoms with Crippen LogP contribution in [0, 0.1) is 0 Å². The minimum absolute atomic E-state index is 0.132. The Morgan fingerprint density at radius 1 is 1.30 bits per heavy atom. The predicted molar refractivity (Wildman–Crippen MR) is 86.9 cm³/mol.